The van der Waals surface area contributed by atoms with Crippen LogP contribution in [0.15, 0.2) is 41.3 Å². The van der Waals surface area contributed by atoms with Crippen molar-refractivity contribution in [3.05, 3.63) is 47.0 Å². The number of hydrogen-bond donors (Lipinski definition) is 3. The average Bonchev–Trinajstić information content (AvgIpc) is 2.81. The highest BCUT2D eigenvalue weighted by Gasteiger charge is 2.43. The van der Waals surface area contributed by atoms with Gasteiger partial charge in [0.2, 0.25) is 5.91 Å². The molecule has 1 aromatic heterocycles. The average molecular weight is 511 g/mol. The van der Waals surface area contributed by atoms with Gasteiger partial charge in [-0.15, -0.1) is 0 Å². The van der Waals surface area contributed by atoms with Crippen LogP contribution in [-0.4, -0.2) is 58.4 Å². The molecule has 0 saturated heterocycles. The number of pyridine rings is 1. The minimum Gasteiger partial charge on any atom is -0.392 e. The summed E-state index contributed by atoms with van der Waals surface area (Å²) in [5, 5.41) is 24.5. The molecule has 0 saturated carbocycles. The van der Waals surface area contributed by atoms with Crippen molar-refractivity contribution in [2.75, 3.05) is 13.2 Å². The van der Waals surface area contributed by atoms with Crippen molar-refractivity contribution in [1.29, 1.82) is 0 Å². The van der Waals surface area contributed by atoms with Crippen molar-refractivity contribution >= 4 is 29.4 Å². The molecule has 0 spiro atoms. The molecule has 1 aliphatic rings. The van der Waals surface area contributed by atoms with Gasteiger partial charge in [0.15, 0.2) is 0 Å². The van der Waals surface area contributed by atoms with E-state index in [2.05, 4.69) is 10.3 Å². The van der Waals surface area contributed by atoms with Crippen LogP contribution in [0.1, 0.15) is 52.7 Å². The maximum atomic E-state index is 15.1. The molecule has 35 heavy (non-hydrogen) atoms. The molecule has 194 valence electrons. The number of amides is 1. The number of aliphatic hydroxyl groups is 2. The zero-order valence-electron chi connectivity index (χ0n) is 20.7. The van der Waals surface area contributed by atoms with Crippen molar-refractivity contribution < 1.29 is 28.9 Å². The van der Waals surface area contributed by atoms with Gasteiger partial charge in [-0.05, 0) is 31.1 Å². The third kappa shape index (κ3) is 8.20. The lowest BCUT2D eigenvalue weighted by molar-refractivity contribution is -0.144. The molecule has 3 N–H and O–H groups in total. The van der Waals surface area contributed by atoms with E-state index in [1.807, 2.05) is 0 Å². The van der Waals surface area contributed by atoms with Crippen LogP contribution < -0.4 is 5.32 Å². The number of ketones is 1. The van der Waals surface area contributed by atoms with E-state index in [9.17, 15) is 19.8 Å². The van der Waals surface area contributed by atoms with Gasteiger partial charge in [-0.3, -0.25) is 14.6 Å². The van der Waals surface area contributed by atoms with Crippen molar-refractivity contribution in [2.24, 2.45) is 17.3 Å². The summed E-state index contributed by atoms with van der Waals surface area (Å²) in [7, 11) is 0. The topological polar surface area (TPSA) is 109 Å². The van der Waals surface area contributed by atoms with Gasteiger partial charge in [-0.2, -0.15) is 0 Å². The molecule has 2 rings (SSSR count). The fraction of sp³-hybridized carbons (Fsp3) is 0.577. The SMILES string of the molecule is CC[C@H]1C(=O)C(C)(C)[C@@H](O)CC(=O)N[C@H](/C(F)=C/c2ccccn2)C/C=C(/Cl)COC[C@H](C)[C@@H]1O. The first-order valence-electron chi connectivity index (χ1n) is 11.9. The lowest BCUT2D eigenvalue weighted by Gasteiger charge is -2.35. The maximum Gasteiger partial charge on any atom is 0.223 e. The number of ether oxygens (including phenoxy) is 1. The van der Waals surface area contributed by atoms with Gasteiger partial charge in [-0.25, -0.2) is 4.39 Å². The zero-order valence-corrected chi connectivity index (χ0v) is 21.5. The molecule has 0 aromatic carbocycles. The second-order valence-electron chi connectivity index (χ2n) is 9.59. The quantitative estimate of drug-likeness (QED) is 0.571. The third-order valence-corrected chi connectivity index (χ3v) is 6.72. The van der Waals surface area contributed by atoms with E-state index in [0.29, 0.717) is 17.1 Å². The Bertz CT molecular complexity index is 922. The molecule has 0 fully saturated rings. The second kappa shape index (κ2) is 13.3. The molecule has 9 heteroatoms. The first-order valence-corrected chi connectivity index (χ1v) is 12.2. The molecule has 5 atom stereocenters. The number of nitrogens with zero attached hydrogens (tertiary/aromatic N) is 1. The Morgan fingerprint density at radius 2 is 2.06 bits per heavy atom. The normalized spacial score (nSPS) is 31.4. The lowest BCUT2D eigenvalue weighted by atomic mass is 9.72. The Morgan fingerprint density at radius 1 is 1.34 bits per heavy atom. The van der Waals surface area contributed by atoms with E-state index in [1.54, 1.807) is 52.0 Å². The van der Waals surface area contributed by atoms with E-state index < -0.39 is 47.7 Å². The number of rotatable bonds is 3. The molecule has 1 aromatic rings. The summed E-state index contributed by atoms with van der Waals surface area (Å²) in [6.45, 7) is 6.86. The summed E-state index contributed by atoms with van der Waals surface area (Å²) >= 11 is 6.25. The van der Waals surface area contributed by atoms with Gasteiger partial charge in [-0.1, -0.05) is 51.4 Å². The Morgan fingerprint density at radius 3 is 2.69 bits per heavy atom. The number of nitrogens with one attached hydrogen (secondary N) is 1. The summed E-state index contributed by atoms with van der Waals surface area (Å²) in [6.07, 6.45) is 1.98. The van der Waals surface area contributed by atoms with Gasteiger partial charge in [0.1, 0.15) is 11.6 Å². The van der Waals surface area contributed by atoms with Crippen LogP contribution in [0.5, 0.6) is 0 Å². The van der Waals surface area contributed by atoms with E-state index in [0.717, 1.165) is 0 Å². The Labute approximate surface area is 211 Å². The number of aromatic nitrogens is 1. The smallest absolute Gasteiger partial charge is 0.223 e. The van der Waals surface area contributed by atoms with Gasteiger partial charge >= 0.3 is 0 Å². The number of carbonyl (C=O) groups is 2. The molecule has 7 nitrogen and oxygen atoms in total. The van der Waals surface area contributed by atoms with Gasteiger partial charge < -0.3 is 20.3 Å². The first-order chi connectivity index (χ1) is 16.5. The molecule has 2 heterocycles. The predicted molar refractivity (Wildman–Crippen MR) is 133 cm³/mol. The molecule has 1 aliphatic heterocycles. The van der Waals surface area contributed by atoms with Crippen LogP contribution in [0.2, 0.25) is 0 Å². The number of carbonyl (C=O) groups excluding carboxylic acids is 2. The number of aliphatic hydroxyl groups excluding tert-OH is 2. The fourth-order valence-corrected chi connectivity index (χ4v) is 4.16. The summed E-state index contributed by atoms with van der Waals surface area (Å²) in [5.41, 5.74) is -0.924. The molecule has 0 unspecified atom stereocenters. The molecule has 0 bridgehead atoms. The Hall–Kier alpha value is -2.13. The zero-order chi connectivity index (χ0) is 26.2. The highest BCUT2D eigenvalue weighted by molar-refractivity contribution is 6.29. The predicted octanol–water partition coefficient (Wildman–Crippen LogP) is 3.79. The second-order valence-corrected chi connectivity index (χ2v) is 10.1. The van der Waals surface area contributed by atoms with Gasteiger partial charge in [0.25, 0.3) is 0 Å². The van der Waals surface area contributed by atoms with E-state index in [-0.39, 0.29) is 31.3 Å². The summed E-state index contributed by atoms with van der Waals surface area (Å²) in [4.78, 5) is 30.1. The summed E-state index contributed by atoms with van der Waals surface area (Å²) in [5.74, 6) is -2.71. The fourth-order valence-electron chi connectivity index (χ4n) is 3.99. The molecule has 0 aliphatic carbocycles. The number of hydrogen-bond acceptors (Lipinski definition) is 6. The summed E-state index contributed by atoms with van der Waals surface area (Å²) < 4.78 is 20.7. The summed E-state index contributed by atoms with van der Waals surface area (Å²) in [6, 6.07) is 4.00. The van der Waals surface area contributed by atoms with Crippen LogP contribution in [0, 0.1) is 17.3 Å². The van der Waals surface area contributed by atoms with Crippen LogP contribution >= 0.6 is 11.6 Å². The highest BCUT2D eigenvalue weighted by Crippen LogP contribution is 2.32. The van der Waals surface area contributed by atoms with Gasteiger partial charge in [0.05, 0.1) is 49.0 Å². The first kappa shape index (κ1) is 29.1. The largest absolute Gasteiger partial charge is 0.392 e. The van der Waals surface area contributed by atoms with Gasteiger partial charge in [0, 0.05) is 23.1 Å². The Kier molecular flexibility index (Phi) is 11.0. The van der Waals surface area contributed by atoms with Crippen molar-refractivity contribution in [1.82, 2.24) is 10.3 Å². The monoisotopic (exact) mass is 510 g/mol. The molecular weight excluding hydrogens is 475 g/mol. The Balaban J connectivity index is 2.36. The van der Waals surface area contributed by atoms with Crippen LogP contribution in [-0.2, 0) is 14.3 Å². The highest BCUT2D eigenvalue weighted by atomic mass is 35.5. The van der Waals surface area contributed by atoms with E-state index in [1.165, 1.54) is 12.3 Å². The van der Waals surface area contributed by atoms with Crippen molar-refractivity contribution in [2.45, 2.75) is 65.2 Å². The van der Waals surface area contributed by atoms with Crippen LogP contribution in [0.4, 0.5) is 4.39 Å². The standard InChI is InChI=1S/C26H36ClFN2O5/c1-5-19-24(33)16(2)14-35-15-17(27)9-10-21(20(28)12-18-8-6-7-11-29-18)30-23(32)13-22(31)26(3,4)25(19)34/h6-9,11-12,16,19,21-22,24,31,33H,5,10,13-15H2,1-4H3,(H,30,32)/b17-9+,20-12-/t16-,19+,21-,22-,24-/m0/s1. The van der Waals surface area contributed by atoms with Crippen molar-refractivity contribution in [3.63, 3.8) is 0 Å². The van der Waals surface area contributed by atoms with Crippen LogP contribution in [0.25, 0.3) is 6.08 Å². The van der Waals surface area contributed by atoms with E-state index >= 15 is 4.39 Å². The molecular formula is C26H36ClFN2O5. The lowest BCUT2D eigenvalue weighted by Crippen LogP contribution is -2.48. The van der Waals surface area contributed by atoms with Crippen LogP contribution in [0.3, 0.4) is 0 Å². The number of Topliss-reactive ketones (excluding diaryl/α,β-unsaturated/α-hetero) is 1. The third-order valence-electron chi connectivity index (χ3n) is 6.46. The minimum absolute atomic E-state index is 0.0393. The minimum atomic E-state index is -1.33. The molecule has 0 radical (unpaired) electrons. The van der Waals surface area contributed by atoms with E-state index in [4.69, 9.17) is 16.3 Å². The van der Waals surface area contributed by atoms with Crippen molar-refractivity contribution in [3.8, 4) is 0 Å². The maximum absolute atomic E-state index is 15.1. The number of halogens is 2. The molecule has 1 amide bonds.